The van der Waals surface area contributed by atoms with Crippen molar-refractivity contribution in [3.05, 3.63) is 0 Å². The van der Waals surface area contributed by atoms with Gasteiger partial charge in [-0.05, 0) is 25.7 Å². The van der Waals surface area contributed by atoms with E-state index in [-0.39, 0.29) is 30.8 Å². The normalized spacial score (nSPS) is 28.7. The van der Waals surface area contributed by atoms with Gasteiger partial charge in [-0.1, -0.05) is 0 Å². The number of hydrogen-bond acceptors (Lipinski definition) is 4. The average molecular weight is 254 g/mol. The van der Waals surface area contributed by atoms with Gasteiger partial charge in [0.25, 0.3) is 0 Å². The quantitative estimate of drug-likeness (QED) is 0.687. The molecule has 6 nitrogen and oxygen atoms in total. The molecular formula is C12H18N2O4. The summed E-state index contributed by atoms with van der Waals surface area (Å²) in [5, 5.41) is 4.87. The minimum Gasteiger partial charge on any atom is -0.378 e. The van der Waals surface area contributed by atoms with Crippen LogP contribution < -0.4 is 10.6 Å². The van der Waals surface area contributed by atoms with Crippen molar-refractivity contribution < 1.29 is 19.1 Å². The Morgan fingerprint density at radius 2 is 2.17 bits per heavy atom. The largest absolute Gasteiger partial charge is 0.378 e. The molecule has 0 saturated carbocycles. The molecule has 100 valence electrons. The molecule has 3 amide bonds. The minimum absolute atomic E-state index is 0.0352. The van der Waals surface area contributed by atoms with Gasteiger partial charge < -0.3 is 10.1 Å². The van der Waals surface area contributed by atoms with Gasteiger partial charge in [-0.25, -0.2) is 0 Å². The van der Waals surface area contributed by atoms with Crippen LogP contribution in [0.5, 0.6) is 0 Å². The molecule has 0 spiro atoms. The predicted molar refractivity (Wildman–Crippen MR) is 62.5 cm³/mol. The molecule has 2 saturated heterocycles. The summed E-state index contributed by atoms with van der Waals surface area (Å²) in [5.41, 5.74) is 0. The van der Waals surface area contributed by atoms with E-state index in [9.17, 15) is 14.4 Å². The summed E-state index contributed by atoms with van der Waals surface area (Å²) < 4.78 is 5.47. The summed E-state index contributed by atoms with van der Waals surface area (Å²) in [6, 6.07) is -0.584. The van der Waals surface area contributed by atoms with Crippen LogP contribution in [-0.4, -0.2) is 36.5 Å². The van der Waals surface area contributed by atoms with Crippen LogP contribution in [0.1, 0.15) is 38.5 Å². The van der Waals surface area contributed by atoms with Gasteiger partial charge in [0.05, 0.1) is 12.5 Å². The fraction of sp³-hybridized carbons (Fsp3) is 0.750. The molecule has 0 aliphatic carbocycles. The smallest absolute Gasteiger partial charge is 0.249 e. The maximum Gasteiger partial charge on any atom is 0.249 e. The number of piperidine rings is 1. The molecule has 2 heterocycles. The summed E-state index contributed by atoms with van der Waals surface area (Å²) in [6.45, 7) is 0.705. The third-order valence-corrected chi connectivity index (χ3v) is 3.26. The summed E-state index contributed by atoms with van der Waals surface area (Å²) in [4.78, 5) is 34.2. The molecule has 18 heavy (non-hydrogen) atoms. The molecule has 0 aromatic rings. The van der Waals surface area contributed by atoms with Gasteiger partial charge in [-0.15, -0.1) is 0 Å². The fourth-order valence-electron chi connectivity index (χ4n) is 2.26. The van der Waals surface area contributed by atoms with Crippen molar-refractivity contribution in [1.82, 2.24) is 10.6 Å². The first-order valence-electron chi connectivity index (χ1n) is 6.40. The molecule has 6 heteroatoms. The Hall–Kier alpha value is -1.43. The number of nitrogens with one attached hydrogen (secondary N) is 2. The summed E-state index contributed by atoms with van der Waals surface area (Å²) in [7, 11) is 0. The SMILES string of the molecule is O=C1CCC(NC(=O)CC2CCCCO2)C(=O)N1. The van der Waals surface area contributed by atoms with Crippen LogP contribution in [-0.2, 0) is 19.1 Å². The van der Waals surface area contributed by atoms with Gasteiger partial charge in [0, 0.05) is 13.0 Å². The van der Waals surface area contributed by atoms with Crippen LogP contribution in [0.25, 0.3) is 0 Å². The highest BCUT2D eigenvalue weighted by atomic mass is 16.5. The van der Waals surface area contributed by atoms with E-state index in [0.717, 1.165) is 19.3 Å². The molecule has 2 aliphatic rings. The molecule has 0 radical (unpaired) electrons. The Morgan fingerprint density at radius 1 is 1.33 bits per heavy atom. The minimum atomic E-state index is -0.584. The van der Waals surface area contributed by atoms with Crippen LogP contribution in [0, 0.1) is 0 Å². The number of amides is 3. The number of imide groups is 1. The van der Waals surface area contributed by atoms with E-state index in [1.807, 2.05) is 0 Å². The van der Waals surface area contributed by atoms with Gasteiger partial charge in [0.1, 0.15) is 6.04 Å². The number of carbonyl (C=O) groups is 3. The van der Waals surface area contributed by atoms with Crippen LogP contribution in [0.3, 0.4) is 0 Å². The maximum atomic E-state index is 11.8. The van der Waals surface area contributed by atoms with Crippen molar-refractivity contribution in [2.75, 3.05) is 6.61 Å². The van der Waals surface area contributed by atoms with Gasteiger partial charge in [0.15, 0.2) is 0 Å². The standard InChI is InChI=1S/C12H18N2O4/c15-10-5-4-9(12(17)14-10)13-11(16)7-8-3-1-2-6-18-8/h8-9H,1-7H2,(H,13,16)(H,14,15,17). The lowest BCUT2D eigenvalue weighted by molar-refractivity contribution is -0.138. The first-order valence-corrected chi connectivity index (χ1v) is 6.40. The van der Waals surface area contributed by atoms with E-state index >= 15 is 0 Å². The van der Waals surface area contributed by atoms with Gasteiger partial charge in [-0.2, -0.15) is 0 Å². The molecule has 0 bridgehead atoms. The molecule has 2 N–H and O–H groups in total. The Kier molecular flexibility index (Phi) is 4.30. The van der Waals surface area contributed by atoms with E-state index < -0.39 is 11.9 Å². The second kappa shape index (κ2) is 5.95. The van der Waals surface area contributed by atoms with Crippen molar-refractivity contribution in [2.24, 2.45) is 0 Å². The third kappa shape index (κ3) is 3.53. The lowest BCUT2D eigenvalue weighted by atomic mass is 10.0. The Balaban J connectivity index is 1.76. The van der Waals surface area contributed by atoms with E-state index in [2.05, 4.69) is 10.6 Å². The number of carbonyl (C=O) groups excluding carboxylic acids is 3. The van der Waals surface area contributed by atoms with Crippen molar-refractivity contribution >= 4 is 17.7 Å². The van der Waals surface area contributed by atoms with Gasteiger partial charge >= 0.3 is 0 Å². The molecule has 2 aliphatic heterocycles. The molecule has 2 atom stereocenters. The highest BCUT2D eigenvalue weighted by molar-refractivity contribution is 6.01. The second-order valence-electron chi connectivity index (χ2n) is 4.76. The summed E-state index contributed by atoms with van der Waals surface area (Å²) in [5.74, 6) is -0.873. The molecule has 2 unspecified atom stereocenters. The van der Waals surface area contributed by atoms with Crippen molar-refractivity contribution in [1.29, 1.82) is 0 Å². The lowest BCUT2D eigenvalue weighted by Crippen LogP contribution is -2.52. The Bertz CT molecular complexity index is 350. The van der Waals surface area contributed by atoms with Crippen LogP contribution in [0.15, 0.2) is 0 Å². The first-order chi connectivity index (χ1) is 8.65. The van der Waals surface area contributed by atoms with E-state index in [1.165, 1.54) is 0 Å². The molecule has 2 rings (SSSR count). The number of hydrogen-bond donors (Lipinski definition) is 2. The number of ether oxygens (including phenoxy) is 1. The van der Waals surface area contributed by atoms with Crippen molar-refractivity contribution in [2.45, 2.75) is 50.7 Å². The molecule has 2 fully saturated rings. The van der Waals surface area contributed by atoms with Crippen LogP contribution >= 0.6 is 0 Å². The molecule has 0 aromatic heterocycles. The number of rotatable bonds is 3. The van der Waals surface area contributed by atoms with E-state index in [1.54, 1.807) is 0 Å². The monoisotopic (exact) mass is 254 g/mol. The highest BCUT2D eigenvalue weighted by Crippen LogP contribution is 2.15. The summed E-state index contributed by atoms with van der Waals surface area (Å²) in [6.07, 6.45) is 3.92. The fourth-order valence-corrected chi connectivity index (χ4v) is 2.26. The zero-order valence-corrected chi connectivity index (χ0v) is 10.2. The van der Waals surface area contributed by atoms with Gasteiger partial charge in [0.2, 0.25) is 17.7 Å². The maximum absolute atomic E-state index is 11.8. The first kappa shape index (κ1) is 13.0. The van der Waals surface area contributed by atoms with E-state index in [4.69, 9.17) is 4.74 Å². The topological polar surface area (TPSA) is 84.5 Å². The van der Waals surface area contributed by atoms with Crippen molar-refractivity contribution in [3.63, 3.8) is 0 Å². The Labute approximate surface area is 105 Å². The average Bonchev–Trinajstić information content (AvgIpc) is 2.34. The van der Waals surface area contributed by atoms with Crippen LogP contribution in [0.4, 0.5) is 0 Å². The third-order valence-electron chi connectivity index (χ3n) is 3.26. The second-order valence-corrected chi connectivity index (χ2v) is 4.76. The zero-order chi connectivity index (χ0) is 13.0. The van der Waals surface area contributed by atoms with Crippen molar-refractivity contribution in [3.8, 4) is 0 Å². The molecular weight excluding hydrogens is 236 g/mol. The Morgan fingerprint density at radius 3 is 2.83 bits per heavy atom. The van der Waals surface area contributed by atoms with Gasteiger partial charge in [-0.3, -0.25) is 19.7 Å². The molecule has 0 aromatic carbocycles. The van der Waals surface area contributed by atoms with E-state index in [0.29, 0.717) is 13.0 Å². The predicted octanol–water partition coefficient (Wildman–Crippen LogP) is -0.133. The van der Waals surface area contributed by atoms with Crippen LogP contribution in [0.2, 0.25) is 0 Å². The highest BCUT2D eigenvalue weighted by Gasteiger charge is 2.28. The lowest BCUT2D eigenvalue weighted by Gasteiger charge is -2.25. The zero-order valence-electron chi connectivity index (χ0n) is 10.2. The summed E-state index contributed by atoms with van der Waals surface area (Å²) >= 11 is 0.